The molecule has 0 atom stereocenters. The molecule has 3 aromatic rings. The average molecular weight is 467 g/mol. The summed E-state index contributed by atoms with van der Waals surface area (Å²) < 4.78 is 38.2. The van der Waals surface area contributed by atoms with E-state index < -0.39 is 10.0 Å². The summed E-state index contributed by atoms with van der Waals surface area (Å²) in [5.41, 5.74) is 1.88. The number of anilines is 1. The Morgan fingerprint density at radius 2 is 1.79 bits per heavy atom. The third-order valence-corrected chi connectivity index (χ3v) is 7.56. The first kappa shape index (κ1) is 22.8. The highest BCUT2D eigenvalue weighted by Gasteiger charge is 2.26. The zero-order valence-corrected chi connectivity index (χ0v) is 19.3. The number of nitrogens with zero attached hydrogens (tertiary/aromatic N) is 3. The predicted octanol–water partition coefficient (Wildman–Crippen LogP) is 4.05. The second-order valence-corrected chi connectivity index (χ2v) is 9.76. The fourth-order valence-electron chi connectivity index (χ4n) is 3.78. The van der Waals surface area contributed by atoms with Crippen LogP contribution in [0.2, 0.25) is 0 Å². The fraction of sp³-hybridized carbons (Fsp3) is 0.333. The van der Waals surface area contributed by atoms with Gasteiger partial charge in [-0.1, -0.05) is 18.6 Å². The summed E-state index contributed by atoms with van der Waals surface area (Å²) in [5.74, 6) is 1.36. The molecular formula is C24H26N4O4S. The highest BCUT2D eigenvalue weighted by atomic mass is 32.2. The molecule has 33 heavy (non-hydrogen) atoms. The molecule has 1 aliphatic rings. The fourth-order valence-corrected chi connectivity index (χ4v) is 5.29. The van der Waals surface area contributed by atoms with Gasteiger partial charge < -0.3 is 14.5 Å². The molecule has 9 heteroatoms. The lowest BCUT2D eigenvalue weighted by Gasteiger charge is -2.25. The van der Waals surface area contributed by atoms with Crippen LogP contribution in [0.4, 0.5) is 5.88 Å². The van der Waals surface area contributed by atoms with Crippen LogP contribution in [-0.4, -0.2) is 44.5 Å². The van der Waals surface area contributed by atoms with Crippen molar-refractivity contribution >= 4 is 15.9 Å². The molecule has 0 amide bonds. The van der Waals surface area contributed by atoms with Crippen molar-refractivity contribution < 1.29 is 17.6 Å². The summed E-state index contributed by atoms with van der Waals surface area (Å²) in [4.78, 5) is 4.51. The first-order valence-corrected chi connectivity index (χ1v) is 12.3. The molecule has 2 heterocycles. The number of sulfonamides is 1. The van der Waals surface area contributed by atoms with Crippen LogP contribution in [0, 0.1) is 11.3 Å². The van der Waals surface area contributed by atoms with Crippen LogP contribution in [0.3, 0.4) is 0 Å². The molecule has 0 spiro atoms. The molecule has 0 bridgehead atoms. The number of ether oxygens (including phenoxy) is 1. The average Bonchev–Trinajstić information content (AvgIpc) is 3.28. The molecule has 0 aliphatic carbocycles. The molecule has 4 rings (SSSR count). The van der Waals surface area contributed by atoms with Crippen molar-refractivity contribution in [1.82, 2.24) is 9.29 Å². The second kappa shape index (κ2) is 10.1. The second-order valence-electron chi connectivity index (χ2n) is 7.82. The Kier molecular flexibility index (Phi) is 6.96. The van der Waals surface area contributed by atoms with Crippen LogP contribution < -0.4 is 10.1 Å². The first-order chi connectivity index (χ1) is 16.0. The maximum Gasteiger partial charge on any atom is 0.243 e. The van der Waals surface area contributed by atoms with Gasteiger partial charge in [0.2, 0.25) is 27.5 Å². The minimum absolute atomic E-state index is 0.157. The van der Waals surface area contributed by atoms with Crippen molar-refractivity contribution in [1.29, 1.82) is 5.26 Å². The van der Waals surface area contributed by atoms with E-state index >= 15 is 0 Å². The van der Waals surface area contributed by atoms with Gasteiger partial charge in [0, 0.05) is 25.2 Å². The SMILES string of the molecule is COc1ccc(CCNc2oc(-c3ccc(S(=O)(=O)N4CCCCC4)cc3)nc2C#N)cc1. The topological polar surface area (TPSA) is 108 Å². The lowest BCUT2D eigenvalue weighted by Crippen LogP contribution is -2.35. The third-order valence-electron chi connectivity index (χ3n) is 5.65. The quantitative estimate of drug-likeness (QED) is 0.533. The van der Waals surface area contributed by atoms with E-state index in [1.165, 1.54) is 4.31 Å². The number of nitrogens with one attached hydrogen (secondary N) is 1. The molecular weight excluding hydrogens is 440 g/mol. The van der Waals surface area contributed by atoms with Crippen molar-refractivity contribution in [2.45, 2.75) is 30.6 Å². The summed E-state index contributed by atoms with van der Waals surface area (Å²) >= 11 is 0. The number of nitriles is 1. The summed E-state index contributed by atoms with van der Waals surface area (Å²) in [6.07, 6.45) is 3.57. The molecule has 0 unspecified atom stereocenters. The summed E-state index contributed by atoms with van der Waals surface area (Å²) in [7, 11) is -1.87. The standard InChI is InChI=1S/C24H26N4O4S/c1-31-20-9-5-18(6-10-20)13-14-26-24-22(17-25)27-23(32-24)19-7-11-21(12-8-19)33(29,30)28-15-3-2-4-16-28/h5-12,26H,2-4,13-16H2,1H3. The van der Waals surface area contributed by atoms with Gasteiger partial charge in [0.25, 0.3) is 0 Å². The van der Waals surface area contributed by atoms with Crippen molar-refractivity contribution in [2.75, 3.05) is 32.1 Å². The van der Waals surface area contributed by atoms with Crippen molar-refractivity contribution in [2.24, 2.45) is 0 Å². The van der Waals surface area contributed by atoms with Gasteiger partial charge in [-0.05, 0) is 61.2 Å². The Balaban J connectivity index is 1.44. The lowest BCUT2D eigenvalue weighted by atomic mass is 10.1. The van der Waals surface area contributed by atoms with Gasteiger partial charge in [-0.15, -0.1) is 0 Å². The molecule has 1 aliphatic heterocycles. The van der Waals surface area contributed by atoms with Crippen LogP contribution in [0.5, 0.6) is 5.75 Å². The van der Waals surface area contributed by atoms with Gasteiger partial charge in [-0.3, -0.25) is 0 Å². The summed E-state index contributed by atoms with van der Waals surface area (Å²) in [6, 6.07) is 16.2. The molecule has 2 aromatic carbocycles. The summed E-state index contributed by atoms with van der Waals surface area (Å²) in [5, 5.41) is 12.6. The number of hydrogen-bond donors (Lipinski definition) is 1. The Bertz CT molecular complexity index is 1220. The van der Waals surface area contributed by atoms with Crippen molar-refractivity contribution in [3.8, 4) is 23.3 Å². The van der Waals surface area contributed by atoms with Crippen molar-refractivity contribution in [3.63, 3.8) is 0 Å². The smallest absolute Gasteiger partial charge is 0.243 e. The summed E-state index contributed by atoms with van der Waals surface area (Å²) in [6.45, 7) is 1.67. The largest absolute Gasteiger partial charge is 0.497 e. The van der Waals surface area contributed by atoms with E-state index in [1.54, 1.807) is 31.4 Å². The van der Waals surface area contributed by atoms with Crippen LogP contribution >= 0.6 is 0 Å². The first-order valence-electron chi connectivity index (χ1n) is 10.9. The van der Waals surface area contributed by atoms with Crippen LogP contribution in [-0.2, 0) is 16.4 Å². The molecule has 0 radical (unpaired) electrons. The predicted molar refractivity (Wildman–Crippen MR) is 124 cm³/mol. The number of oxazole rings is 1. The monoisotopic (exact) mass is 466 g/mol. The van der Waals surface area contributed by atoms with Gasteiger partial charge in [0.15, 0.2) is 0 Å². The number of rotatable bonds is 8. The van der Waals surface area contributed by atoms with E-state index in [1.807, 2.05) is 30.3 Å². The van der Waals surface area contributed by atoms with Gasteiger partial charge in [0.1, 0.15) is 11.8 Å². The molecule has 0 saturated carbocycles. The number of piperidine rings is 1. The maximum atomic E-state index is 12.8. The number of hydrogen-bond acceptors (Lipinski definition) is 7. The number of aromatic nitrogens is 1. The van der Waals surface area contributed by atoms with Crippen LogP contribution in [0.1, 0.15) is 30.5 Å². The Morgan fingerprint density at radius 1 is 1.09 bits per heavy atom. The van der Waals surface area contributed by atoms with E-state index in [-0.39, 0.29) is 16.5 Å². The minimum Gasteiger partial charge on any atom is -0.497 e. The Labute approximate surface area is 193 Å². The molecule has 1 saturated heterocycles. The zero-order valence-electron chi connectivity index (χ0n) is 18.5. The Hall–Kier alpha value is -3.35. The van der Waals surface area contributed by atoms with Gasteiger partial charge in [-0.2, -0.15) is 14.6 Å². The van der Waals surface area contributed by atoms with E-state index in [4.69, 9.17) is 9.15 Å². The normalized spacial score (nSPS) is 14.5. The highest BCUT2D eigenvalue weighted by molar-refractivity contribution is 7.89. The molecule has 1 aromatic heterocycles. The van der Waals surface area contributed by atoms with Crippen LogP contribution in [0.15, 0.2) is 57.8 Å². The minimum atomic E-state index is -3.50. The number of methoxy groups -OCH3 is 1. The van der Waals surface area contributed by atoms with E-state index in [0.29, 0.717) is 31.1 Å². The van der Waals surface area contributed by atoms with Gasteiger partial charge >= 0.3 is 0 Å². The molecule has 1 N–H and O–H groups in total. The molecule has 1 fully saturated rings. The third kappa shape index (κ3) is 5.18. The van der Waals surface area contributed by atoms with E-state index in [2.05, 4.69) is 10.3 Å². The molecule has 8 nitrogen and oxygen atoms in total. The highest BCUT2D eigenvalue weighted by Crippen LogP contribution is 2.28. The van der Waals surface area contributed by atoms with Crippen molar-refractivity contribution in [3.05, 3.63) is 59.8 Å². The van der Waals surface area contributed by atoms with E-state index in [0.717, 1.165) is 37.0 Å². The van der Waals surface area contributed by atoms with Gasteiger partial charge in [-0.25, -0.2) is 8.42 Å². The lowest BCUT2D eigenvalue weighted by molar-refractivity contribution is 0.346. The zero-order chi connectivity index (χ0) is 23.3. The maximum absolute atomic E-state index is 12.8. The molecule has 172 valence electrons. The number of benzene rings is 2. The van der Waals surface area contributed by atoms with Gasteiger partial charge in [0.05, 0.1) is 12.0 Å². The van der Waals surface area contributed by atoms with E-state index in [9.17, 15) is 13.7 Å². The Morgan fingerprint density at radius 3 is 2.42 bits per heavy atom. The van der Waals surface area contributed by atoms with Crippen LogP contribution in [0.25, 0.3) is 11.5 Å².